The largest absolute Gasteiger partial charge is 0.328 e. The highest BCUT2D eigenvalue weighted by molar-refractivity contribution is 6.35. The zero-order chi connectivity index (χ0) is 18.0. The van der Waals surface area contributed by atoms with Crippen LogP contribution in [0, 0.1) is 0 Å². The number of benzene rings is 1. The normalized spacial score (nSPS) is 15.6. The van der Waals surface area contributed by atoms with Crippen LogP contribution in [-0.2, 0) is 16.1 Å². The summed E-state index contributed by atoms with van der Waals surface area (Å²) in [5, 5.41) is 0. The number of aromatic nitrogens is 2. The van der Waals surface area contributed by atoms with Gasteiger partial charge in [0.25, 0.3) is 0 Å². The van der Waals surface area contributed by atoms with Crippen molar-refractivity contribution in [1.82, 2.24) is 19.8 Å². The second-order valence-electron chi connectivity index (χ2n) is 7.11. The fourth-order valence-electron chi connectivity index (χ4n) is 2.85. The Morgan fingerprint density at radius 3 is 2.16 bits per heavy atom. The summed E-state index contributed by atoms with van der Waals surface area (Å²) in [5.41, 5.74) is 1.61. The van der Waals surface area contributed by atoms with E-state index >= 15 is 0 Å². The molecule has 25 heavy (non-hydrogen) atoms. The van der Waals surface area contributed by atoms with Crippen LogP contribution in [0.3, 0.4) is 0 Å². The first kappa shape index (κ1) is 17.1. The molecule has 3 rings (SSSR count). The molecule has 0 bridgehead atoms. The summed E-state index contributed by atoms with van der Waals surface area (Å²) in [7, 11) is 0. The summed E-state index contributed by atoms with van der Waals surface area (Å²) in [6.07, 6.45) is 3.49. The molecule has 6 nitrogen and oxygen atoms in total. The topological polar surface area (TPSA) is 66.4 Å². The van der Waals surface area contributed by atoms with E-state index < -0.39 is 11.8 Å². The summed E-state index contributed by atoms with van der Waals surface area (Å²) >= 11 is 0. The molecular weight excluding hydrogens is 316 g/mol. The van der Waals surface area contributed by atoms with Crippen molar-refractivity contribution in [3.63, 3.8) is 0 Å². The number of piperazine rings is 1. The maximum absolute atomic E-state index is 12.4. The molecule has 1 fully saturated rings. The van der Waals surface area contributed by atoms with Gasteiger partial charge in [-0.1, -0.05) is 30.3 Å². The molecule has 2 amide bonds. The van der Waals surface area contributed by atoms with E-state index in [0.717, 1.165) is 11.1 Å². The number of amides is 2. The van der Waals surface area contributed by atoms with Gasteiger partial charge in [0.2, 0.25) is 0 Å². The lowest BCUT2D eigenvalue weighted by Crippen LogP contribution is -2.59. The Morgan fingerprint density at radius 2 is 1.56 bits per heavy atom. The molecule has 1 aromatic heterocycles. The monoisotopic (exact) mass is 338 g/mol. The van der Waals surface area contributed by atoms with Gasteiger partial charge in [-0.3, -0.25) is 9.59 Å². The number of carbonyl (C=O) groups excluding carboxylic acids is 2. The quantitative estimate of drug-likeness (QED) is 0.804. The van der Waals surface area contributed by atoms with E-state index in [1.807, 2.05) is 51.1 Å². The Labute approximate surface area is 147 Å². The second-order valence-corrected chi connectivity index (χ2v) is 7.11. The van der Waals surface area contributed by atoms with E-state index in [2.05, 4.69) is 9.97 Å². The highest BCUT2D eigenvalue weighted by atomic mass is 16.2. The van der Waals surface area contributed by atoms with Gasteiger partial charge in [0.05, 0.1) is 6.54 Å². The molecule has 0 saturated carbocycles. The minimum Gasteiger partial charge on any atom is -0.328 e. The zero-order valence-electron chi connectivity index (χ0n) is 14.8. The molecule has 130 valence electrons. The molecule has 0 spiro atoms. The third-order valence-corrected chi connectivity index (χ3v) is 4.26. The summed E-state index contributed by atoms with van der Waals surface area (Å²) in [6.45, 7) is 7.05. The van der Waals surface area contributed by atoms with Crippen molar-refractivity contribution in [2.45, 2.75) is 32.9 Å². The van der Waals surface area contributed by atoms with Crippen LogP contribution in [0.1, 0.15) is 26.6 Å². The number of nitrogens with zero attached hydrogens (tertiary/aromatic N) is 4. The lowest BCUT2D eigenvalue weighted by molar-refractivity contribution is -0.160. The Morgan fingerprint density at radius 1 is 0.920 bits per heavy atom. The van der Waals surface area contributed by atoms with E-state index in [9.17, 15) is 9.59 Å². The minimum absolute atomic E-state index is 0.248. The first-order chi connectivity index (χ1) is 11.9. The van der Waals surface area contributed by atoms with Crippen LogP contribution >= 0.6 is 0 Å². The zero-order valence-corrected chi connectivity index (χ0v) is 14.8. The van der Waals surface area contributed by atoms with Gasteiger partial charge in [0.15, 0.2) is 0 Å². The molecule has 1 aliphatic rings. The smallest absolute Gasteiger partial charge is 0.312 e. The van der Waals surface area contributed by atoms with Crippen LogP contribution in [0.15, 0.2) is 42.7 Å². The second kappa shape index (κ2) is 6.63. The summed E-state index contributed by atoms with van der Waals surface area (Å²) in [5.74, 6) is -0.415. The Hall–Kier alpha value is -2.76. The third kappa shape index (κ3) is 3.68. The van der Waals surface area contributed by atoms with Crippen molar-refractivity contribution in [3.8, 4) is 11.1 Å². The molecular formula is C19H22N4O2. The molecule has 1 saturated heterocycles. The average Bonchev–Trinajstić information content (AvgIpc) is 2.59. The van der Waals surface area contributed by atoms with Gasteiger partial charge in [-0.15, -0.1) is 0 Å². The van der Waals surface area contributed by atoms with Crippen molar-refractivity contribution >= 4 is 11.8 Å². The predicted molar refractivity (Wildman–Crippen MR) is 94.4 cm³/mol. The van der Waals surface area contributed by atoms with Gasteiger partial charge < -0.3 is 9.80 Å². The van der Waals surface area contributed by atoms with Crippen molar-refractivity contribution in [2.24, 2.45) is 0 Å². The SMILES string of the molecule is CC(C)(C)N1CCN(Cc2ncc(-c3ccccc3)cn2)C(=O)C1=O. The molecule has 0 radical (unpaired) electrons. The summed E-state index contributed by atoms with van der Waals surface area (Å²) < 4.78 is 0. The number of rotatable bonds is 3. The number of carbonyl (C=O) groups is 2. The van der Waals surface area contributed by atoms with Crippen LogP contribution in [0.4, 0.5) is 0 Å². The Bertz CT molecular complexity index is 766. The maximum atomic E-state index is 12.4. The molecule has 2 aromatic rings. The van der Waals surface area contributed by atoms with Gasteiger partial charge in [0.1, 0.15) is 5.82 Å². The first-order valence-corrected chi connectivity index (χ1v) is 8.33. The Kier molecular flexibility index (Phi) is 4.53. The van der Waals surface area contributed by atoms with E-state index in [-0.39, 0.29) is 12.1 Å². The van der Waals surface area contributed by atoms with Crippen LogP contribution in [0.2, 0.25) is 0 Å². The third-order valence-electron chi connectivity index (χ3n) is 4.26. The minimum atomic E-state index is -0.489. The van der Waals surface area contributed by atoms with Crippen LogP contribution in [0.25, 0.3) is 11.1 Å². The van der Waals surface area contributed by atoms with E-state index in [0.29, 0.717) is 18.9 Å². The van der Waals surface area contributed by atoms with Crippen molar-refractivity contribution < 1.29 is 9.59 Å². The van der Waals surface area contributed by atoms with Gasteiger partial charge in [-0.05, 0) is 26.3 Å². The molecule has 0 atom stereocenters. The van der Waals surface area contributed by atoms with Crippen LogP contribution in [0.5, 0.6) is 0 Å². The standard InChI is InChI=1S/C19H22N4O2/c1-19(2,3)23-10-9-22(17(24)18(23)25)13-16-20-11-15(12-21-16)14-7-5-4-6-8-14/h4-8,11-12H,9-10,13H2,1-3H3. The fourth-order valence-corrected chi connectivity index (χ4v) is 2.85. The Balaban J connectivity index is 1.69. The van der Waals surface area contributed by atoms with E-state index in [1.165, 1.54) is 4.90 Å². The molecule has 0 unspecified atom stereocenters. The van der Waals surface area contributed by atoms with Crippen molar-refractivity contribution in [2.75, 3.05) is 13.1 Å². The lowest BCUT2D eigenvalue weighted by Gasteiger charge is -2.41. The van der Waals surface area contributed by atoms with Crippen molar-refractivity contribution in [1.29, 1.82) is 0 Å². The fraction of sp³-hybridized carbons (Fsp3) is 0.368. The highest BCUT2D eigenvalue weighted by Crippen LogP contribution is 2.19. The molecule has 0 aliphatic carbocycles. The maximum Gasteiger partial charge on any atom is 0.312 e. The predicted octanol–water partition coefficient (Wildman–Crippen LogP) is 2.11. The van der Waals surface area contributed by atoms with E-state index in [1.54, 1.807) is 17.3 Å². The summed E-state index contributed by atoms with van der Waals surface area (Å²) in [4.78, 5) is 36.5. The van der Waals surface area contributed by atoms with Crippen LogP contribution in [-0.4, -0.2) is 50.2 Å². The lowest BCUT2D eigenvalue weighted by atomic mass is 10.0. The summed E-state index contributed by atoms with van der Waals surface area (Å²) in [6, 6.07) is 9.86. The van der Waals surface area contributed by atoms with Gasteiger partial charge in [0, 0.05) is 36.6 Å². The molecule has 2 heterocycles. The highest BCUT2D eigenvalue weighted by Gasteiger charge is 2.38. The van der Waals surface area contributed by atoms with Gasteiger partial charge in [-0.2, -0.15) is 0 Å². The number of hydrogen-bond acceptors (Lipinski definition) is 4. The molecule has 6 heteroatoms. The van der Waals surface area contributed by atoms with Gasteiger partial charge >= 0.3 is 11.8 Å². The average molecular weight is 338 g/mol. The number of hydrogen-bond donors (Lipinski definition) is 0. The van der Waals surface area contributed by atoms with Crippen LogP contribution < -0.4 is 0 Å². The molecule has 1 aliphatic heterocycles. The molecule has 1 aromatic carbocycles. The van der Waals surface area contributed by atoms with Gasteiger partial charge in [-0.25, -0.2) is 9.97 Å². The van der Waals surface area contributed by atoms with Crippen molar-refractivity contribution in [3.05, 3.63) is 48.5 Å². The molecule has 0 N–H and O–H groups in total. The van der Waals surface area contributed by atoms with E-state index in [4.69, 9.17) is 0 Å². The first-order valence-electron chi connectivity index (χ1n) is 8.33.